The minimum Gasteiger partial charge on any atom is -0.455 e. The molecule has 0 atom stereocenters. The minimum atomic E-state index is 0.590. The minimum absolute atomic E-state index is 0.590. The van der Waals surface area contributed by atoms with Crippen LogP contribution in [0.5, 0.6) is 11.5 Å². The van der Waals surface area contributed by atoms with Crippen LogP contribution in [-0.2, 0) is 6.54 Å². The Bertz CT molecular complexity index is 560. The van der Waals surface area contributed by atoms with E-state index in [9.17, 15) is 0 Å². The van der Waals surface area contributed by atoms with Gasteiger partial charge in [-0.1, -0.05) is 52.7 Å². The summed E-state index contributed by atoms with van der Waals surface area (Å²) in [6.45, 7) is 3.78. The zero-order valence-corrected chi connectivity index (χ0v) is 13.0. The topological polar surface area (TPSA) is 21.3 Å². The van der Waals surface area contributed by atoms with Crippen LogP contribution in [0.4, 0.5) is 0 Å². The van der Waals surface area contributed by atoms with Crippen LogP contribution in [0.2, 0.25) is 5.02 Å². The molecule has 0 heterocycles. The standard InChI is InChI=1S/C15H15BrClNO/c1-2-18-10-11-5-3-4-6-14(11)19-15-8-7-12(16)9-13(15)17/h3-9,18H,2,10H2,1H3. The Morgan fingerprint density at radius 1 is 1.16 bits per heavy atom. The highest BCUT2D eigenvalue weighted by atomic mass is 79.9. The lowest BCUT2D eigenvalue weighted by Crippen LogP contribution is -2.12. The van der Waals surface area contributed by atoms with Crippen molar-refractivity contribution in [2.75, 3.05) is 6.54 Å². The summed E-state index contributed by atoms with van der Waals surface area (Å²) < 4.78 is 6.84. The van der Waals surface area contributed by atoms with Crippen molar-refractivity contribution >= 4 is 27.5 Å². The third kappa shape index (κ3) is 3.96. The zero-order valence-electron chi connectivity index (χ0n) is 10.6. The Kier molecular flexibility index (Phi) is 5.25. The number of hydrogen-bond acceptors (Lipinski definition) is 2. The highest BCUT2D eigenvalue weighted by Gasteiger charge is 2.07. The molecule has 0 saturated carbocycles. The molecular weight excluding hydrogens is 326 g/mol. The highest BCUT2D eigenvalue weighted by Crippen LogP contribution is 2.33. The average Bonchev–Trinajstić information content (AvgIpc) is 2.41. The van der Waals surface area contributed by atoms with Gasteiger partial charge in [0.1, 0.15) is 11.5 Å². The van der Waals surface area contributed by atoms with Crippen molar-refractivity contribution in [3.8, 4) is 11.5 Å². The van der Waals surface area contributed by atoms with Crippen molar-refractivity contribution in [2.45, 2.75) is 13.5 Å². The first-order chi connectivity index (χ1) is 9.20. The molecule has 19 heavy (non-hydrogen) atoms. The largest absolute Gasteiger partial charge is 0.455 e. The lowest BCUT2D eigenvalue weighted by atomic mass is 10.2. The van der Waals surface area contributed by atoms with Crippen molar-refractivity contribution in [1.29, 1.82) is 0 Å². The molecule has 0 radical (unpaired) electrons. The Morgan fingerprint density at radius 2 is 1.95 bits per heavy atom. The van der Waals surface area contributed by atoms with Crippen molar-refractivity contribution < 1.29 is 4.74 Å². The predicted molar refractivity (Wildman–Crippen MR) is 83.0 cm³/mol. The maximum Gasteiger partial charge on any atom is 0.146 e. The molecule has 100 valence electrons. The number of halogens is 2. The van der Waals surface area contributed by atoms with Gasteiger partial charge in [-0.3, -0.25) is 0 Å². The quantitative estimate of drug-likeness (QED) is 0.826. The van der Waals surface area contributed by atoms with Gasteiger partial charge >= 0.3 is 0 Å². The van der Waals surface area contributed by atoms with Crippen LogP contribution in [0.1, 0.15) is 12.5 Å². The van der Waals surface area contributed by atoms with Crippen LogP contribution in [0.3, 0.4) is 0 Å². The number of benzene rings is 2. The molecule has 4 heteroatoms. The smallest absolute Gasteiger partial charge is 0.146 e. The summed E-state index contributed by atoms with van der Waals surface area (Å²) in [7, 11) is 0. The Balaban J connectivity index is 2.22. The molecule has 0 aromatic heterocycles. The number of rotatable bonds is 5. The van der Waals surface area contributed by atoms with E-state index in [0.717, 1.165) is 28.9 Å². The average molecular weight is 341 g/mol. The highest BCUT2D eigenvalue weighted by molar-refractivity contribution is 9.10. The van der Waals surface area contributed by atoms with Crippen molar-refractivity contribution in [1.82, 2.24) is 5.32 Å². The maximum atomic E-state index is 6.17. The van der Waals surface area contributed by atoms with Gasteiger partial charge in [-0.05, 0) is 30.8 Å². The SMILES string of the molecule is CCNCc1ccccc1Oc1ccc(Br)cc1Cl. The van der Waals surface area contributed by atoms with Gasteiger partial charge in [0.25, 0.3) is 0 Å². The van der Waals surface area contributed by atoms with E-state index in [4.69, 9.17) is 16.3 Å². The van der Waals surface area contributed by atoms with E-state index in [1.165, 1.54) is 0 Å². The van der Waals surface area contributed by atoms with E-state index in [-0.39, 0.29) is 0 Å². The molecule has 1 N–H and O–H groups in total. The second-order valence-corrected chi connectivity index (χ2v) is 5.39. The van der Waals surface area contributed by atoms with E-state index in [1.807, 2.05) is 42.5 Å². The first kappa shape index (κ1) is 14.4. The van der Waals surface area contributed by atoms with Crippen molar-refractivity contribution in [2.24, 2.45) is 0 Å². The van der Waals surface area contributed by atoms with Gasteiger partial charge in [0.15, 0.2) is 0 Å². The van der Waals surface area contributed by atoms with Crippen LogP contribution in [0, 0.1) is 0 Å². The second kappa shape index (κ2) is 6.94. The second-order valence-electron chi connectivity index (χ2n) is 4.06. The van der Waals surface area contributed by atoms with Crippen LogP contribution in [-0.4, -0.2) is 6.54 Å². The fourth-order valence-electron chi connectivity index (χ4n) is 1.69. The molecule has 0 unspecified atom stereocenters. The molecule has 2 nitrogen and oxygen atoms in total. The summed E-state index contributed by atoms with van der Waals surface area (Å²) in [4.78, 5) is 0. The van der Waals surface area contributed by atoms with Crippen LogP contribution >= 0.6 is 27.5 Å². The first-order valence-corrected chi connectivity index (χ1v) is 7.29. The van der Waals surface area contributed by atoms with Crippen molar-refractivity contribution in [3.05, 3.63) is 57.5 Å². The molecule has 0 aliphatic heterocycles. The zero-order chi connectivity index (χ0) is 13.7. The van der Waals surface area contributed by atoms with Gasteiger partial charge in [0, 0.05) is 16.6 Å². The first-order valence-electron chi connectivity index (χ1n) is 6.12. The summed E-state index contributed by atoms with van der Waals surface area (Å²) in [6.07, 6.45) is 0. The summed E-state index contributed by atoms with van der Waals surface area (Å²) in [6, 6.07) is 13.5. The Morgan fingerprint density at radius 3 is 2.68 bits per heavy atom. The third-order valence-corrected chi connectivity index (χ3v) is 3.44. The molecule has 2 aromatic rings. The molecule has 0 fully saturated rings. The van der Waals surface area contributed by atoms with Crippen LogP contribution < -0.4 is 10.1 Å². The predicted octanol–water partition coefficient (Wildman–Crippen LogP) is 5.00. The van der Waals surface area contributed by atoms with Gasteiger partial charge < -0.3 is 10.1 Å². The molecule has 0 bridgehead atoms. The van der Waals surface area contributed by atoms with E-state index >= 15 is 0 Å². The van der Waals surface area contributed by atoms with Gasteiger partial charge in [-0.2, -0.15) is 0 Å². The Hall–Kier alpha value is -1.03. The molecular formula is C15H15BrClNO. The molecule has 2 aromatic carbocycles. The normalized spacial score (nSPS) is 10.5. The lowest BCUT2D eigenvalue weighted by molar-refractivity contribution is 0.473. The molecule has 2 rings (SSSR count). The van der Waals surface area contributed by atoms with Crippen LogP contribution in [0.15, 0.2) is 46.9 Å². The van der Waals surface area contributed by atoms with E-state index in [2.05, 4.69) is 28.2 Å². The molecule has 0 aliphatic rings. The van der Waals surface area contributed by atoms with Gasteiger partial charge in [0.2, 0.25) is 0 Å². The summed E-state index contributed by atoms with van der Waals surface area (Å²) >= 11 is 9.55. The van der Waals surface area contributed by atoms with E-state index in [0.29, 0.717) is 10.8 Å². The molecule has 0 spiro atoms. The third-order valence-electron chi connectivity index (χ3n) is 2.65. The van der Waals surface area contributed by atoms with Gasteiger partial charge in [-0.15, -0.1) is 0 Å². The summed E-state index contributed by atoms with van der Waals surface area (Å²) in [5.41, 5.74) is 1.11. The fraction of sp³-hybridized carbons (Fsp3) is 0.200. The number of para-hydroxylation sites is 1. The van der Waals surface area contributed by atoms with Crippen LogP contribution in [0.25, 0.3) is 0 Å². The summed E-state index contributed by atoms with van der Waals surface area (Å²) in [5, 5.41) is 3.88. The number of ether oxygens (including phenoxy) is 1. The lowest BCUT2D eigenvalue weighted by Gasteiger charge is -2.12. The molecule has 0 aliphatic carbocycles. The van der Waals surface area contributed by atoms with Gasteiger partial charge in [-0.25, -0.2) is 0 Å². The van der Waals surface area contributed by atoms with Gasteiger partial charge in [0.05, 0.1) is 5.02 Å². The number of nitrogens with one attached hydrogen (secondary N) is 1. The molecule has 0 amide bonds. The van der Waals surface area contributed by atoms with Crippen molar-refractivity contribution in [3.63, 3.8) is 0 Å². The fourth-order valence-corrected chi connectivity index (χ4v) is 2.40. The summed E-state index contributed by atoms with van der Waals surface area (Å²) in [5.74, 6) is 1.49. The molecule has 0 saturated heterocycles. The monoisotopic (exact) mass is 339 g/mol. The maximum absolute atomic E-state index is 6.17. The Labute approximate surface area is 126 Å². The number of hydrogen-bond donors (Lipinski definition) is 1. The van der Waals surface area contributed by atoms with E-state index in [1.54, 1.807) is 0 Å². The van der Waals surface area contributed by atoms with E-state index < -0.39 is 0 Å².